The van der Waals surface area contributed by atoms with Gasteiger partial charge in [0.1, 0.15) is 0 Å². The molecule has 0 aromatic carbocycles. The van der Waals surface area contributed by atoms with Crippen LogP contribution < -0.4 is 0 Å². The van der Waals surface area contributed by atoms with Crippen LogP contribution in [0.4, 0.5) is 0 Å². The quantitative estimate of drug-likeness (QED) is 0.443. The predicted octanol–water partition coefficient (Wildman–Crippen LogP) is 1.14. The molecule has 90 valence electrons. The highest BCUT2D eigenvalue weighted by molar-refractivity contribution is 5.83. The van der Waals surface area contributed by atoms with Crippen molar-refractivity contribution >= 4 is 11.9 Å². The summed E-state index contributed by atoms with van der Waals surface area (Å²) >= 11 is 0. The lowest BCUT2D eigenvalue weighted by molar-refractivity contribution is -0.365. The maximum atomic E-state index is 11.0. The van der Waals surface area contributed by atoms with Crippen molar-refractivity contribution in [2.45, 2.75) is 26.7 Å². The Balaban J connectivity index is 5.03. The van der Waals surface area contributed by atoms with Crippen LogP contribution in [0, 0.1) is 5.41 Å². The maximum absolute atomic E-state index is 11.0. The summed E-state index contributed by atoms with van der Waals surface area (Å²) in [5.74, 6) is -4.15. The minimum atomic E-state index is -2.36. The van der Waals surface area contributed by atoms with Crippen LogP contribution in [0.25, 0.3) is 0 Å². The molecule has 5 heteroatoms. The molecule has 0 radical (unpaired) electrons. The number of esters is 2. The van der Waals surface area contributed by atoms with E-state index in [1.165, 1.54) is 0 Å². The average Bonchev–Trinajstić information content (AvgIpc) is 2.15. The third-order valence-electron chi connectivity index (χ3n) is 1.76. The summed E-state index contributed by atoms with van der Waals surface area (Å²) in [6.07, 6.45) is 1.72. The second-order valence-corrected chi connectivity index (χ2v) is 4.08. The van der Waals surface area contributed by atoms with E-state index in [1.54, 1.807) is 20.8 Å². The third-order valence-corrected chi connectivity index (χ3v) is 1.76. The summed E-state index contributed by atoms with van der Waals surface area (Å²) in [5, 5.41) is 9.97. The van der Waals surface area contributed by atoms with Gasteiger partial charge in [-0.25, -0.2) is 9.59 Å². The Morgan fingerprint density at radius 2 is 1.38 bits per heavy atom. The van der Waals surface area contributed by atoms with Crippen LogP contribution in [0.3, 0.4) is 0 Å². The average molecular weight is 228 g/mol. The van der Waals surface area contributed by atoms with Gasteiger partial charge < -0.3 is 14.6 Å². The lowest BCUT2D eigenvalue weighted by Gasteiger charge is -2.36. The van der Waals surface area contributed by atoms with E-state index in [0.717, 1.165) is 12.2 Å². The largest absolute Gasteiger partial charge is 0.394 e. The zero-order valence-electron chi connectivity index (χ0n) is 9.65. The summed E-state index contributed by atoms with van der Waals surface area (Å²) in [4.78, 5) is 22.1. The normalized spacial score (nSPS) is 11.5. The molecule has 0 aliphatic heterocycles. The van der Waals surface area contributed by atoms with Crippen LogP contribution in [-0.4, -0.2) is 23.0 Å². The minimum absolute atomic E-state index is 0.860. The number of carbonyl (C=O) groups is 2. The molecule has 0 atom stereocenters. The minimum Gasteiger partial charge on any atom is -0.394 e. The maximum Gasteiger partial charge on any atom is 0.378 e. The van der Waals surface area contributed by atoms with E-state index in [-0.39, 0.29) is 0 Å². The SMILES string of the molecule is C=CC(=O)OC(O)(OC(=O)C=C)C(C)(C)C. The molecule has 1 N–H and O–H groups in total. The van der Waals surface area contributed by atoms with Gasteiger partial charge in [-0.05, 0) is 20.8 Å². The number of carbonyl (C=O) groups excluding carboxylic acids is 2. The van der Waals surface area contributed by atoms with Gasteiger partial charge >= 0.3 is 17.9 Å². The summed E-state index contributed by atoms with van der Waals surface area (Å²) in [6, 6.07) is 0. The molecule has 0 aliphatic rings. The predicted molar refractivity (Wildman–Crippen MR) is 57.0 cm³/mol. The number of hydrogen-bond acceptors (Lipinski definition) is 5. The van der Waals surface area contributed by atoms with Gasteiger partial charge in [-0.1, -0.05) is 13.2 Å². The zero-order chi connectivity index (χ0) is 13.0. The fraction of sp³-hybridized carbons (Fsp3) is 0.455. The van der Waals surface area contributed by atoms with Gasteiger partial charge in [0.2, 0.25) is 0 Å². The number of hydrogen-bond donors (Lipinski definition) is 1. The Kier molecular flexibility index (Phi) is 4.44. The second-order valence-electron chi connectivity index (χ2n) is 4.08. The molecule has 0 unspecified atom stereocenters. The van der Waals surface area contributed by atoms with Crippen molar-refractivity contribution < 1.29 is 24.2 Å². The van der Waals surface area contributed by atoms with Crippen molar-refractivity contribution in [2.75, 3.05) is 0 Å². The topological polar surface area (TPSA) is 72.8 Å². The molecule has 0 spiro atoms. The fourth-order valence-corrected chi connectivity index (χ4v) is 0.683. The van der Waals surface area contributed by atoms with Crippen LogP contribution in [0.2, 0.25) is 0 Å². The van der Waals surface area contributed by atoms with E-state index in [2.05, 4.69) is 22.6 Å². The molecule has 0 aromatic heterocycles. The lowest BCUT2D eigenvalue weighted by atomic mass is 9.93. The van der Waals surface area contributed by atoms with Gasteiger partial charge in [0, 0.05) is 12.2 Å². The Morgan fingerprint density at radius 1 is 1.06 bits per heavy atom. The Hall–Kier alpha value is -1.62. The van der Waals surface area contributed by atoms with Gasteiger partial charge in [-0.3, -0.25) is 0 Å². The first-order valence-electron chi connectivity index (χ1n) is 4.59. The molecule has 0 saturated heterocycles. The fourth-order valence-electron chi connectivity index (χ4n) is 0.683. The van der Waals surface area contributed by atoms with E-state index in [9.17, 15) is 14.7 Å². The van der Waals surface area contributed by atoms with Crippen molar-refractivity contribution in [1.29, 1.82) is 0 Å². The molecule has 0 rings (SSSR count). The van der Waals surface area contributed by atoms with Crippen LogP contribution in [0.5, 0.6) is 0 Å². The zero-order valence-corrected chi connectivity index (χ0v) is 9.65. The van der Waals surface area contributed by atoms with Crippen molar-refractivity contribution in [3.05, 3.63) is 25.3 Å². The molecular formula is C11H16O5. The van der Waals surface area contributed by atoms with Crippen molar-refractivity contribution in [3.8, 4) is 0 Å². The third kappa shape index (κ3) is 3.51. The molecule has 0 bridgehead atoms. The molecule has 0 aromatic rings. The number of rotatable bonds is 4. The van der Waals surface area contributed by atoms with E-state index in [0.29, 0.717) is 0 Å². The monoisotopic (exact) mass is 228 g/mol. The first-order valence-corrected chi connectivity index (χ1v) is 4.59. The molecule has 0 aliphatic carbocycles. The first-order chi connectivity index (χ1) is 7.16. The lowest BCUT2D eigenvalue weighted by Crippen LogP contribution is -2.50. The van der Waals surface area contributed by atoms with E-state index >= 15 is 0 Å². The van der Waals surface area contributed by atoms with Gasteiger partial charge in [0.25, 0.3) is 0 Å². The van der Waals surface area contributed by atoms with Crippen LogP contribution >= 0.6 is 0 Å². The molecular weight excluding hydrogens is 212 g/mol. The summed E-state index contributed by atoms with van der Waals surface area (Å²) in [7, 11) is 0. The smallest absolute Gasteiger partial charge is 0.378 e. The molecule has 0 fully saturated rings. The van der Waals surface area contributed by atoms with Gasteiger partial charge in [0.05, 0.1) is 5.41 Å². The highest BCUT2D eigenvalue weighted by Crippen LogP contribution is 2.33. The van der Waals surface area contributed by atoms with Crippen molar-refractivity contribution in [1.82, 2.24) is 0 Å². The second kappa shape index (κ2) is 4.94. The van der Waals surface area contributed by atoms with Crippen LogP contribution in [0.15, 0.2) is 25.3 Å². The Labute approximate surface area is 94.4 Å². The number of ether oxygens (including phenoxy) is 2. The molecule has 0 saturated carbocycles. The Morgan fingerprint density at radius 3 is 1.56 bits per heavy atom. The van der Waals surface area contributed by atoms with Gasteiger partial charge in [0.15, 0.2) is 0 Å². The van der Waals surface area contributed by atoms with Crippen molar-refractivity contribution in [3.63, 3.8) is 0 Å². The van der Waals surface area contributed by atoms with E-state index in [4.69, 9.17) is 0 Å². The number of aliphatic hydroxyl groups is 1. The van der Waals surface area contributed by atoms with Crippen molar-refractivity contribution in [2.24, 2.45) is 5.41 Å². The van der Waals surface area contributed by atoms with Crippen LogP contribution in [-0.2, 0) is 19.1 Å². The van der Waals surface area contributed by atoms with Crippen LogP contribution in [0.1, 0.15) is 20.8 Å². The highest BCUT2D eigenvalue weighted by Gasteiger charge is 2.48. The van der Waals surface area contributed by atoms with Gasteiger partial charge in [-0.2, -0.15) is 0 Å². The Bertz CT molecular complexity index is 289. The highest BCUT2D eigenvalue weighted by atomic mass is 16.8. The molecule has 16 heavy (non-hydrogen) atoms. The van der Waals surface area contributed by atoms with Gasteiger partial charge in [-0.15, -0.1) is 0 Å². The molecule has 0 heterocycles. The summed E-state index contributed by atoms with van der Waals surface area (Å²) < 4.78 is 9.26. The summed E-state index contributed by atoms with van der Waals surface area (Å²) in [5.41, 5.74) is -1.01. The standard InChI is InChI=1S/C11H16O5/c1-6-8(12)15-11(14,10(3,4)5)16-9(13)7-2/h6-7,14H,1-2H2,3-5H3. The first kappa shape index (κ1) is 14.4. The molecule has 5 nitrogen and oxygen atoms in total. The molecule has 0 amide bonds. The van der Waals surface area contributed by atoms with E-state index < -0.39 is 23.3 Å². The summed E-state index contributed by atoms with van der Waals surface area (Å²) in [6.45, 7) is 11.0. The van der Waals surface area contributed by atoms with E-state index in [1.807, 2.05) is 0 Å².